The van der Waals surface area contributed by atoms with E-state index in [1.807, 2.05) is 5.01 Å². The molecule has 0 spiro atoms. The maximum absolute atomic E-state index is 5.58. The van der Waals surface area contributed by atoms with E-state index in [1.54, 1.807) is 0 Å². The summed E-state index contributed by atoms with van der Waals surface area (Å²) in [4.78, 5) is 0. The van der Waals surface area contributed by atoms with E-state index < -0.39 is 0 Å². The summed E-state index contributed by atoms with van der Waals surface area (Å²) < 4.78 is 5.43. The Kier molecular flexibility index (Phi) is 1.22. The second kappa shape index (κ2) is 1.94. The van der Waals surface area contributed by atoms with Crippen molar-refractivity contribution in [3.63, 3.8) is 0 Å². The van der Waals surface area contributed by atoms with E-state index in [-0.39, 0.29) is 0 Å². The monoisotopic (exact) mass is 128 g/mol. The molecule has 2 heterocycles. The normalized spacial score (nSPS) is 43.7. The van der Waals surface area contributed by atoms with Crippen LogP contribution in [0.1, 0.15) is 6.42 Å². The number of ether oxygens (including phenoxy) is 1. The Morgan fingerprint density at radius 1 is 1.44 bits per heavy atom. The third-order valence-corrected chi connectivity index (χ3v) is 2.23. The van der Waals surface area contributed by atoms with Gasteiger partial charge in [-0.25, -0.2) is 5.01 Å². The van der Waals surface area contributed by atoms with Crippen LogP contribution in [-0.2, 0) is 4.74 Å². The van der Waals surface area contributed by atoms with Gasteiger partial charge in [-0.1, -0.05) is 0 Å². The fraction of sp³-hybridized carbons (Fsp3) is 1.00. The van der Waals surface area contributed by atoms with E-state index in [0.29, 0.717) is 6.10 Å². The van der Waals surface area contributed by atoms with Crippen molar-refractivity contribution in [2.24, 2.45) is 11.8 Å². The van der Waals surface area contributed by atoms with Crippen LogP contribution in [0, 0.1) is 5.92 Å². The number of hydrazine groups is 1. The fourth-order valence-electron chi connectivity index (χ4n) is 1.71. The minimum Gasteiger partial charge on any atom is -0.376 e. The Bertz CT molecular complexity index is 106. The third kappa shape index (κ3) is 0.852. The van der Waals surface area contributed by atoms with Crippen LogP contribution in [0.2, 0.25) is 0 Å². The van der Waals surface area contributed by atoms with E-state index in [0.717, 1.165) is 25.6 Å². The van der Waals surface area contributed by atoms with Crippen LogP contribution in [0.3, 0.4) is 0 Å². The van der Waals surface area contributed by atoms with Gasteiger partial charge in [-0.15, -0.1) is 0 Å². The highest BCUT2D eigenvalue weighted by Gasteiger charge is 2.35. The van der Waals surface area contributed by atoms with Crippen molar-refractivity contribution in [3.8, 4) is 0 Å². The average molecular weight is 128 g/mol. The Morgan fingerprint density at radius 3 is 3.11 bits per heavy atom. The first-order valence-electron chi connectivity index (χ1n) is 3.47. The summed E-state index contributed by atoms with van der Waals surface area (Å²) in [5.74, 6) is 6.31. The van der Waals surface area contributed by atoms with Gasteiger partial charge in [0.25, 0.3) is 0 Å². The lowest BCUT2D eigenvalue weighted by Gasteiger charge is -2.06. The summed E-state index contributed by atoms with van der Waals surface area (Å²) >= 11 is 0. The molecule has 2 fully saturated rings. The zero-order valence-electron chi connectivity index (χ0n) is 5.42. The lowest BCUT2D eigenvalue weighted by Crippen LogP contribution is -2.29. The van der Waals surface area contributed by atoms with Crippen LogP contribution in [-0.4, -0.2) is 30.8 Å². The minimum atomic E-state index is 0.454. The van der Waals surface area contributed by atoms with Gasteiger partial charge in [0.1, 0.15) is 0 Å². The summed E-state index contributed by atoms with van der Waals surface area (Å²) in [6.45, 7) is 2.92. The van der Waals surface area contributed by atoms with Crippen LogP contribution in [0.4, 0.5) is 0 Å². The van der Waals surface area contributed by atoms with Crippen LogP contribution >= 0.6 is 0 Å². The highest BCUT2D eigenvalue weighted by molar-refractivity contribution is 4.85. The van der Waals surface area contributed by atoms with Gasteiger partial charge < -0.3 is 4.74 Å². The molecule has 9 heavy (non-hydrogen) atoms. The van der Waals surface area contributed by atoms with Crippen molar-refractivity contribution < 1.29 is 4.74 Å². The SMILES string of the molecule is NN1CC2CCOC2C1. The van der Waals surface area contributed by atoms with Crippen molar-refractivity contribution in [2.75, 3.05) is 19.7 Å². The van der Waals surface area contributed by atoms with Crippen LogP contribution in [0.15, 0.2) is 0 Å². The highest BCUT2D eigenvalue weighted by Crippen LogP contribution is 2.26. The number of hydrogen-bond acceptors (Lipinski definition) is 3. The summed E-state index contributed by atoms with van der Waals surface area (Å²) in [7, 11) is 0. The van der Waals surface area contributed by atoms with Gasteiger partial charge in [-0.2, -0.15) is 0 Å². The lowest BCUT2D eigenvalue weighted by molar-refractivity contribution is 0.0995. The molecule has 2 unspecified atom stereocenters. The Labute approximate surface area is 54.7 Å². The van der Waals surface area contributed by atoms with Crippen LogP contribution < -0.4 is 5.84 Å². The molecule has 3 nitrogen and oxygen atoms in total. The molecule has 0 radical (unpaired) electrons. The van der Waals surface area contributed by atoms with Gasteiger partial charge in [-0.05, 0) is 6.42 Å². The van der Waals surface area contributed by atoms with Crippen molar-refractivity contribution in [3.05, 3.63) is 0 Å². The predicted octanol–water partition coefficient (Wildman–Crippen LogP) is -0.419. The molecule has 2 aliphatic heterocycles. The van der Waals surface area contributed by atoms with Crippen molar-refractivity contribution in [1.82, 2.24) is 5.01 Å². The van der Waals surface area contributed by atoms with Gasteiger partial charge in [-0.3, -0.25) is 5.84 Å². The second-order valence-corrected chi connectivity index (χ2v) is 2.91. The highest BCUT2D eigenvalue weighted by atomic mass is 16.5. The number of hydrogen-bond donors (Lipinski definition) is 1. The van der Waals surface area contributed by atoms with Gasteiger partial charge in [0.05, 0.1) is 6.10 Å². The maximum atomic E-state index is 5.58. The molecular weight excluding hydrogens is 116 g/mol. The molecule has 0 bridgehead atoms. The average Bonchev–Trinajstić information content (AvgIpc) is 2.22. The molecule has 2 N–H and O–H groups in total. The first-order chi connectivity index (χ1) is 4.36. The van der Waals surface area contributed by atoms with Crippen molar-refractivity contribution in [1.29, 1.82) is 0 Å². The number of nitrogens with zero attached hydrogens (tertiary/aromatic N) is 1. The largest absolute Gasteiger partial charge is 0.376 e. The summed E-state index contributed by atoms with van der Waals surface area (Å²) in [6, 6.07) is 0. The lowest BCUT2D eigenvalue weighted by atomic mass is 10.1. The summed E-state index contributed by atoms with van der Waals surface area (Å²) in [5.41, 5.74) is 0. The molecule has 0 aliphatic carbocycles. The Balaban J connectivity index is 2.02. The molecule has 52 valence electrons. The van der Waals surface area contributed by atoms with Gasteiger partial charge >= 0.3 is 0 Å². The van der Waals surface area contributed by atoms with Crippen LogP contribution in [0.5, 0.6) is 0 Å². The summed E-state index contributed by atoms with van der Waals surface area (Å²) in [6.07, 6.45) is 1.66. The third-order valence-electron chi connectivity index (χ3n) is 2.23. The minimum absolute atomic E-state index is 0.454. The molecule has 2 atom stereocenters. The molecule has 0 saturated carbocycles. The van der Waals surface area contributed by atoms with E-state index in [4.69, 9.17) is 10.6 Å². The van der Waals surface area contributed by atoms with E-state index in [1.165, 1.54) is 6.42 Å². The molecule has 2 aliphatic rings. The standard InChI is InChI=1S/C6H12N2O/c7-8-3-5-1-2-9-6(5)4-8/h5-6H,1-4,7H2. The molecule has 0 amide bonds. The van der Waals surface area contributed by atoms with Gasteiger partial charge in [0.15, 0.2) is 0 Å². The van der Waals surface area contributed by atoms with Crippen molar-refractivity contribution >= 4 is 0 Å². The molecule has 3 heteroatoms. The van der Waals surface area contributed by atoms with Gasteiger partial charge in [0, 0.05) is 25.6 Å². The van der Waals surface area contributed by atoms with Gasteiger partial charge in [0.2, 0.25) is 0 Å². The van der Waals surface area contributed by atoms with Crippen molar-refractivity contribution in [2.45, 2.75) is 12.5 Å². The smallest absolute Gasteiger partial charge is 0.0757 e. The molecule has 2 rings (SSSR count). The number of fused-ring (bicyclic) bond motifs is 1. The second-order valence-electron chi connectivity index (χ2n) is 2.91. The quantitative estimate of drug-likeness (QED) is 0.450. The zero-order valence-corrected chi connectivity index (χ0v) is 5.42. The predicted molar refractivity (Wildman–Crippen MR) is 33.6 cm³/mol. The van der Waals surface area contributed by atoms with E-state index >= 15 is 0 Å². The molecular formula is C6H12N2O. The fourth-order valence-corrected chi connectivity index (χ4v) is 1.71. The first-order valence-corrected chi connectivity index (χ1v) is 3.47. The Morgan fingerprint density at radius 2 is 2.33 bits per heavy atom. The molecule has 0 aromatic heterocycles. The molecule has 0 aromatic rings. The topological polar surface area (TPSA) is 38.5 Å². The van der Waals surface area contributed by atoms with Crippen LogP contribution in [0.25, 0.3) is 0 Å². The zero-order chi connectivity index (χ0) is 6.27. The first kappa shape index (κ1) is 5.65. The Hall–Kier alpha value is -0.120. The molecule has 0 aromatic carbocycles. The molecule has 2 saturated heterocycles. The van der Waals surface area contributed by atoms with E-state index in [2.05, 4.69) is 0 Å². The summed E-state index contributed by atoms with van der Waals surface area (Å²) in [5, 5.41) is 1.86. The van der Waals surface area contributed by atoms with E-state index in [9.17, 15) is 0 Å². The number of nitrogens with two attached hydrogens (primary N) is 1. The number of rotatable bonds is 0. The maximum Gasteiger partial charge on any atom is 0.0757 e.